The number of halogens is 3. The van der Waals surface area contributed by atoms with Gasteiger partial charge >= 0.3 is 58.2 Å². The van der Waals surface area contributed by atoms with E-state index in [-0.39, 0.29) is 63.9 Å². The maximum absolute atomic E-state index is 13.4. The van der Waals surface area contributed by atoms with E-state index in [9.17, 15) is 13.2 Å². The predicted molar refractivity (Wildman–Crippen MR) is 44.6 cm³/mol. The van der Waals surface area contributed by atoms with Crippen LogP contribution in [0.15, 0.2) is 12.1 Å². The molecule has 76 valence electrons. The minimum atomic E-state index is -2.80. The Hall–Kier alpha value is 0.615. The molecule has 0 unspecified atom stereocenters. The molecule has 1 aliphatic rings. The van der Waals surface area contributed by atoms with E-state index in [0.29, 0.717) is 18.4 Å². The van der Waals surface area contributed by atoms with Crippen molar-refractivity contribution in [3.05, 3.63) is 35.7 Å². The minimum Gasteiger partial charge on any atom is -0.660 e. The number of rotatable bonds is 1. The SMILES string of the molecule is Fc1c(C(F)F)ccc2c1O[CH-]CC2.[Rb+]. The molecule has 1 aliphatic heterocycles. The summed E-state index contributed by atoms with van der Waals surface area (Å²) in [6.07, 6.45) is -1.48. The van der Waals surface area contributed by atoms with Gasteiger partial charge in [0.25, 0.3) is 6.43 Å². The molecule has 0 spiro atoms. The van der Waals surface area contributed by atoms with Gasteiger partial charge in [0.05, 0.1) is 5.56 Å². The van der Waals surface area contributed by atoms with Gasteiger partial charge in [-0.25, -0.2) is 13.2 Å². The smallest absolute Gasteiger partial charge is 0.660 e. The van der Waals surface area contributed by atoms with E-state index in [1.807, 2.05) is 0 Å². The average Bonchev–Trinajstić information content (AvgIpc) is 2.18. The van der Waals surface area contributed by atoms with Gasteiger partial charge < -0.3 is 4.74 Å². The van der Waals surface area contributed by atoms with Crippen LogP contribution in [0, 0.1) is 12.4 Å². The molecule has 1 aromatic carbocycles. The first-order valence-electron chi connectivity index (χ1n) is 4.28. The number of benzene rings is 1. The van der Waals surface area contributed by atoms with Gasteiger partial charge in [-0.1, -0.05) is 6.07 Å². The van der Waals surface area contributed by atoms with Crippen molar-refractivity contribution in [2.45, 2.75) is 19.3 Å². The Morgan fingerprint density at radius 3 is 2.73 bits per heavy atom. The summed E-state index contributed by atoms with van der Waals surface area (Å²) in [4.78, 5) is 0. The summed E-state index contributed by atoms with van der Waals surface area (Å²) < 4.78 is 42.9. The van der Waals surface area contributed by atoms with Crippen molar-refractivity contribution in [1.82, 2.24) is 0 Å². The Morgan fingerprint density at radius 2 is 2.07 bits per heavy atom. The van der Waals surface area contributed by atoms with Crippen molar-refractivity contribution in [3.63, 3.8) is 0 Å². The van der Waals surface area contributed by atoms with Gasteiger partial charge in [-0.05, 0) is 18.1 Å². The van der Waals surface area contributed by atoms with Gasteiger partial charge in [0.1, 0.15) is 5.75 Å². The molecule has 0 atom stereocenters. The number of hydrogen-bond acceptors (Lipinski definition) is 1. The van der Waals surface area contributed by atoms with Gasteiger partial charge in [-0.3, -0.25) is 0 Å². The maximum atomic E-state index is 13.4. The fourth-order valence-electron chi connectivity index (χ4n) is 1.46. The summed E-state index contributed by atoms with van der Waals surface area (Å²) in [6, 6.07) is 2.61. The summed E-state index contributed by atoms with van der Waals surface area (Å²) >= 11 is 0. The minimum absolute atomic E-state index is 0. The van der Waals surface area contributed by atoms with Crippen LogP contribution < -0.4 is 62.9 Å². The molecule has 1 heterocycles. The van der Waals surface area contributed by atoms with E-state index in [4.69, 9.17) is 4.74 Å². The van der Waals surface area contributed by atoms with E-state index in [2.05, 4.69) is 0 Å². The van der Waals surface area contributed by atoms with Gasteiger partial charge in [0.15, 0.2) is 5.82 Å². The Labute approximate surface area is 135 Å². The zero-order chi connectivity index (χ0) is 10.1. The van der Waals surface area contributed by atoms with E-state index >= 15 is 0 Å². The molecule has 0 fully saturated rings. The molecule has 0 saturated carbocycles. The Bertz CT molecular complexity index is 355. The van der Waals surface area contributed by atoms with E-state index in [0.717, 1.165) is 6.07 Å². The van der Waals surface area contributed by atoms with Crippen LogP contribution >= 0.6 is 0 Å². The molecular formula is C10H8F3ORb. The number of aryl methyl sites for hydroxylation is 1. The second kappa shape index (κ2) is 5.80. The standard InChI is InChI=1S/C10H8F3O.Rb/c11-8-7(10(12)13)4-3-6-2-1-5-14-9(6)8;/h3-5,10H,1-2H2;/q-1;+1. The third kappa shape index (κ3) is 2.84. The molecule has 0 amide bonds. The van der Waals surface area contributed by atoms with Crippen LogP contribution in [-0.2, 0) is 6.42 Å². The molecule has 15 heavy (non-hydrogen) atoms. The summed E-state index contributed by atoms with van der Waals surface area (Å²) in [5.41, 5.74) is 0.0495. The number of fused-ring (bicyclic) bond motifs is 1. The summed E-state index contributed by atoms with van der Waals surface area (Å²) in [7, 11) is 0. The molecule has 0 N–H and O–H groups in total. The maximum Gasteiger partial charge on any atom is 1.00 e. The molecule has 5 heteroatoms. The third-order valence-electron chi connectivity index (χ3n) is 2.18. The molecule has 0 bridgehead atoms. The number of ether oxygens (including phenoxy) is 1. The van der Waals surface area contributed by atoms with E-state index in [1.54, 1.807) is 0 Å². The quantitative estimate of drug-likeness (QED) is 0.673. The predicted octanol–water partition coefficient (Wildman–Crippen LogP) is 0.254. The molecule has 0 saturated heterocycles. The zero-order valence-corrected chi connectivity index (χ0v) is 13.2. The van der Waals surface area contributed by atoms with Crippen LogP contribution in [0.4, 0.5) is 13.2 Å². The van der Waals surface area contributed by atoms with Crippen LogP contribution in [0.2, 0.25) is 0 Å². The van der Waals surface area contributed by atoms with Crippen molar-refractivity contribution in [3.8, 4) is 5.75 Å². The normalized spacial score (nSPS) is 14.1. The third-order valence-corrected chi connectivity index (χ3v) is 2.18. The van der Waals surface area contributed by atoms with Crippen LogP contribution in [0.3, 0.4) is 0 Å². The number of alkyl halides is 2. The monoisotopic (exact) mass is 286 g/mol. The molecular weight excluding hydrogens is 279 g/mol. The molecule has 0 aromatic heterocycles. The van der Waals surface area contributed by atoms with Gasteiger partial charge in [0.2, 0.25) is 0 Å². The molecule has 0 radical (unpaired) electrons. The van der Waals surface area contributed by atoms with Crippen LogP contribution in [-0.4, -0.2) is 0 Å². The van der Waals surface area contributed by atoms with E-state index in [1.165, 1.54) is 12.7 Å². The van der Waals surface area contributed by atoms with Crippen molar-refractivity contribution in [2.24, 2.45) is 0 Å². The van der Waals surface area contributed by atoms with Gasteiger partial charge in [-0.2, -0.15) is 6.61 Å². The molecule has 0 aliphatic carbocycles. The fourth-order valence-corrected chi connectivity index (χ4v) is 1.46. The average molecular weight is 287 g/mol. The van der Waals surface area contributed by atoms with E-state index < -0.39 is 17.8 Å². The zero-order valence-electron chi connectivity index (χ0n) is 8.27. The second-order valence-corrected chi connectivity index (χ2v) is 3.08. The van der Waals surface area contributed by atoms with Gasteiger partial charge in [0, 0.05) is 0 Å². The fraction of sp³-hybridized carbons (Fsp3) is 0.300. The Balaban J connectivity index is 0.00000112. The van der Waals surface area contributed by atoms with Crippen LogP contribution in [0.5, 0.6) is 5.75 Å². The summed E-state index contributed by atoms with van der Waals surface area (Å²) in [5.74, 6) is -0.984. The first-order chi connectivity index (χ1) is 6.70. The van der Waals surface area contributed by atoms with Crippen LogP contribution in [0.1, 0.15) is 24.0 Å². The van der Waals surface area contributed by atoms with Gasteiger partial charge in [-0.15, -0.1) is 6.42 Å². The Morgan fingerprint density at radius 1 is 1.33 bits per heavy atom. The van der Waals surface area contributed by atoms with Crippen molar-refractivity contribution >= 4 is 0 Å². The van der Waals surface area contributed by atoms with Crippen molar-refractivity contribution in [1.29, 1.82) is 0 Å². The number of hydrogen-bond donors (Lipinski definition) is 0. The molecule has 1 aromatic rings. The molecule has 1 nitrogen and oxygen atoms in total. The second-order valence-electron chi connectivity index (χ2n) is 3.08. The topological polar surface area (TPSA) is 9.23 Å². The summed E-state index contributed by atoms with van der Waals surface area (Å²) in [6.45, 7) is 1.43. The first kappa shape index (κ1) is 13.7. The largest absolute Gasteiger partial charge is 1.00 e. The van der Waals surface area contributed by atoms with Crippen molar-refractivity contribution in [2.75, 3.05) is 0 Å². The first-order valence-corrected chi connectivity index (χ1v) is 4.28. The molecule has 2 rings (SSSR count). The summed E-state index contributed by atoms with van der Waals surface area (Å²) in [5, 5.41) is 0. The van der Waals surface area contributed by atoms with Crippen LogP contribution in [0.25, 0.3) is 0 Å². The Kier molecular flexibility index (Phi) is 5.29. The van der Waals surface area contributed by atoms with Crippen molar-refractivity contribution < 1.29 is 76.1 Å².